The summed E-state index contributed by atoms with van der Waals surface area (Å²) in [5, 5.41) is 9.92. The zero-order valence-corrected chi connectivity index (χ0v) is 15.8. The lowest BCUT2D eigenvalue weighted by Crippen LogP contribution is -2.23. The van der Waals surface area contributed by atoms with Gasteiger partial charge in [0.15, 0.2) is 0 Å². The van der Waals surface area contributed by atoms with Crippen LogP contribution in [0.4, 0.5) is 5.13 Å². The fourth-order valence-corrected chi connectivity index (χ4v) is 3.75. The van der Waals surface area contributed by atoms with Crippen molar-refractivity contribution in [2.24, 2.45) is 0 Å². The molecule has 0 spiro atoms. The van der Waals surface area contributed by atoms with E-state index in [1.165, 1.54) is 0 Å². The lowest BCUT2D eigenvalue weighted by molar-refractivity contribution is -0.115. The van der Waals surface area contributed by atoms with Crippen LogP contribution in [0.25, 0.3) is 0 Å². The van der Waals surface area contributed by atoms with Crippen molar-refractivity contribution in [3.63, 3.8) is 0 Å². The summed E-state index contributed by atoms with van der Waals surface area (Å²) in [6, 6.07) is 7.14. The maximum absolute atomic E-state index is 12.2. The predicted molar refractivity (Wildman–Crippen MR) is 95.1 cm³/mol. The standard InChI is InChI=1S/C15H20N4O4S2/c1-4-13(20)17-14-18-19-15(24-14)25(21,22)16-9-11-5-7-12(8-6-11)23-10(2)3/h5-8,10,16H,4,9H2,1-3H3,(H,17,18,20). The van der Waals surface area contributed by atoms with Gasteiger partial charge in [0.05, 0.1) is 6.10 Å². The van der Waals surface area contributed by atoms with Gasteiger partial charge >= 0.3 is 0 Å². The Hall–Kier alpha value is -2.04. The van der Waals surface area contributed by atoms with Gasteiger partial charge in [-0.15, -0.1) is 10.2 Å². The third-order valence-corrected chi connectivity index (χ3v) is 5.57. The van der Waals surface area contributed by atoms with Crippen molar-refractivity contribution in [2.45, 2.75) is 44.2 Å². The molecule has 0 saturated carbocycles. The Labute approximate surface area is 150 Å². The number of anilines is 1. The van der Waals surface area contributed by atoms with Gasteiger partial charge in [0, 0.05) is 13.0 Å². The lowest BCUT2D eigenvalue weighted by Gasteiger charge is -2.10. The molecule has 2 N–H and O–H groups in total. The van der Waals surface area contributed by atoms with Gasteiger partial charge in [0.25, 0.3) is 10.0 Å². The Kier molecular flexibility index (Phi) is 6.45. The summed E-state index contributed by atoms with van der Waals surface area (Å²) < 4.78 is 32.3. The van der Waals surface area contributed by atoms with Gasteiger partial charge in [-0.3, -0.25) is 4.79 Å². The van der Waals surface area contributed by atoms with Gasteiger partial charge in [-0.1, -0.05) is 30.4 Å². The molecule has 1 aromatic carbocycles. The molecule has 0 aliphatic rings. The Bertz CT molecular complexity index is 816. The number of amides is 1. The van der Waals surface area contributed by atoms with E-state index in [0.29, 0.717) is 0 Å². The van der Waals surface area contributed by atoms with Gasteiger partial charge in [0.2, 0.25) is 15.4 Å². The number of carbonyl (C=O) groups is 1. The van der Waals surface area contributed by atoms with E-state index in [2.05, 4.69) is 20.2 Å². The summed E-state index contributed by atoms with van der Waals surface area (Å²) in [5.74, 6) is 0.471. The second-order valence-corrected chi connectivity index (χ2v) is 8.33. The molecule has 0 unspecified atom stereocenters. The lowest BCUT2D eigenvalue weighted by atomic mass is 10.2. The number of nitrogens with one attached hydrogen (secondary N) is 2. The van der Waals surface area contributed by atoms with Crippen LogP contribution >= 0.6 is 11.3 Å². The first-order valence-corrected chi connectivity index (χ1v) is 9.98. The number of nitrogens with zero attached hydrogens (tertiary/aromatic N) is 2. The monoisotopic (exact) mass is 384 g/mol. The van der Waals surface area contributed by atoms with Crippen LogP contribution in [0.2, 0.25) is 0 Å². The molecule has 0 radical (unpaired) electrons. The third kappa shape index (κ3) is 5.76. The minimum atomic E-state index is -3.80. The average molecular weight is 384 g/mol. The van der Waals surface area contributed by atoms with Gasteiger partial charge < -0.3 is 10.1 Å². The van der Waals surface area contributed by atoms with Crippen molar-refractivity contribution < 1.29 is 17.9 Å². The number of hydrogen-bond acceptors (Lipinski definition) is 7. The van der Waals surface area contributed by atoms with Crippen molar-refractivity contribution in [3.05, 3.63) is 29.8 Å². The van der Waals surface area contributed by atoms with Crippen molar-refractivity contribution in [1.29, 1.82) is 0 Å². The normalized spacial score (nSPS) is 11.5. The molecule has 2 rings (SSSR count). The highest BCUT2D eigenvalue weighted by atomic mass is 32.2. The van der Waals surface area contributed by atoms with E-state index in [-0.39, 0.29) is 34.4 Å². The number of hydrogen-bond donors (Lipinski definition) is 2. The third-order valence-electron chi connectivity index (χ3n) is 2.97. The minimum absolute atomic E-state index is 0.0733. The van der Waals surface area contributed by atoms with Crippen molar-refractivity contribution in [1.82, 2.24) is 14.9 Å². The summed E-state index contributed by atoms with van der Waals surface area (Å²) in [5.41, 5.74) is 0.781. The van der Waals surface area contributed by atoms with E-state index >= 15 is 0 Å². The second-order valence-electron chi connectivity index (χ2n) is 5.41. The fourth-order valence-electron chi connectivity index (χ4n) is 1.77. The molecule has 1 amide bonds. The number of benzene rings is 1. The number of carbonyl (C=O) groups excluding carboxylic acids is 1. The zero-order valence-electron chi connectivity index (χ0n) is 14.1. The van der Waals surface area contributed by atoms with Crippen LogP contribution < -0.4 is 14.8 Å². The summed E-state index contributed by atoms with van der Waals surface area (Å²) in [7, 11) is -3.80. The molecule has 0 bridgehead atoms. The Morgan fingerprint density at radius 3 is 2.52 bits per heavy atom. The van der Waals surface area contributed by atoms with Crippen LogP contribution in [0.3, 0.4) is 0 Å². The van der Waals surface area contributed by atoms with E-state index in [0.717, 1.165) is 22.6 Å². The first-order valence-electron chi connectivity index (χ1n) is 7.68. The molecule has 0 saturated heterocycles. The van der Waals surface area contributed by atoms with E-state index in [4.69, 9.17) is 4.74 Å². The Balaban J connectivity index is 1.98. The van der Waals surface area contributed by atoms with Gasteiger partial charge in [-0.2, -0.15) is 0 Å². The largest absolute Gasteiger partial charge is 0.491 e. The summed E-state index contributed by atoms with van der Waals surface area (Å²) in [4.78, 5) is 11.3. The van der Waals surface area contributed by atoms with E-state index in [9.17, 15) is 13.2 Å². The van der Waals surface area contributed by atoms with Gasteiger partial charge in [-0.25, -0.2) is 13.1 Å². The first-order chi connectivity index (χ1) is 11.8. The number of aromatic nitrogens is 2. The highest BCUT2D eigenvalue weighted by Crippen LogP contribution is 2.20. The summed E-state index contributed by atoms with van der Waals surface area (Å²) in [6.45, 7) is 5.66. The first kappa shape index (κ1) is 19.3. The van der Waals surface area contributed by atoms with Crippen LogP contribution in [0.1, 0.15) is 32.8 Å². The Morgan fingerprint density at radius 2 is 1.92 bits per heavy atom. The highest BCUT2D eigenvalue weighted by molar-refractivity contribution is 7.91. The van der Waals surface area contributed by atoms with Crippen LogP contribution in [0, 0.1) is 0 Å². The predicted octanol–water partition coefficient (Wildman–Crippen LogP) is 2.15. The maximum Gasteiger partial charge on any atom is 0.270 e. The average Bonchev–Trinajstić information content (AvgIpc) is 3.03. The molecule has 10 heteroatoms. The molecule has 0 aliphatic carbocycles. The molecule has 25 heavy (non-hydrogen) atoms. The molecule has 136 valence electrons. The quantitative estimate of drug-likeness (QED) is 0.675. The molecule has 0 fully saturated rings. The molecule has 0 atom stereocenters. The minimum Gasteiger partial charge on any atom is -0.491 e. The molecule has 8 nitrogen and oxygen atoms in total. The van der Waals surface area contributed by atoms with Crippen LogP contribution in [-0.4, -0.2) is 30.6 Å². The highest BCUT2D eigenvalue weighted by Gasteiger charge is 2.20. The van der Waals surface area contributed by atoms with Crippen molar-refractivity contribution in [3.8, 4) is 5.75 Å². The summed E-state index contributed by atoms with van der Waals surface area (Å²) in [6.07, 6.45) is 0.348. The van der Waals surface area contributed by atoms with Gasteiger partial charge in [0.1, 0.15) is 5.75 Å². The number of sulfonamides is 1. The smallest absolute Gasteiger partial charge is 0.270 e. The van der Waals surface area contributed by atoms with E-state index in [1.54, 1.807) is 31.2 Å². The van der Waals surface area contributed by atoms with Crippen molar-refractivity contribution in [2.75, 3.05) is 5.32 Å². The summed E-state index contributed by atoms with van der Waals surface area (Å²) >= 11 is 0.803. The molecule has 2 aromatic rings. The molecule has 1 aromatic heterocycles. The van der Waals surface area contributed by atoms with E-state index in [1.807, 2.05) is 13.8 Å². The molecular formula is C15H20N4O4S2. The number of ether oxygens (including phenoxy) is 1. The van der Waals surface area contributed by atoms with Crippen LogP contribution in [0.15, 0.2) is 28.6 Å². The second kappa shape index (κ2) is 8.37. The van der Waals surface area contributed by atoms with Crippen LogP contribution in [0.5, 0.6) is 5.75 Å². The van der Waals surface area contributed by atoms with Crippen LogP contribution in [-0.2, 0) is 21.4 Å². The van der Waals surface area contributed by atoms with E-state index < -0.39 is 10.0 Å². The zero-order chi connectivity index (χ0) is 18.4. The molecule has 1 heterocycles. The Morgan fingerprint density at radius 1 is 1.24 bits per heavy atom. The fraction of sp³-hybridized carbons (Fsp3) is 0.400. The van der Waals surface area contributed by atoms with Gasteiger partial charge in [-0.05, 0) is 31.5 Å². The topological polar surface area (TPSA) is 110 Å². The number of rotatable bonds is 8. The SMILES string of the molecule is CCC(=O)Nc1nnc(S(=O)(=O)NCc2ccc(OC(C)C)cc2)s1. The maximum atomic E-state index is 12.2. The van der Waals surface area contributed by atoms with Crippen molar-refractivity contribution >= 4 is 32.4 Å². The molecule has 0 aliphatic heterocycles. The molecular weight excluding hydrogens is 364 g/mol.